The van der Waals surface area contributed by atoms with Crippen molar-refractivity contribution in [2.45, 2.75) is 99.6 Å². The van der Waals surface area contributed by atoms with Gasteiger partial charge in [-0.15, -0.1) is 9.15 Å². The number of nitrogens with zero attached hydrogens (tertiary/aromatic N) is 2. The van der Waals surface area contributed by atoms with E-state index in [1.54, 1.807) is 0 Å². The topological polar surface area (TPSA) is 6.02 Å². The molecular formula is C29H42N2+2. The average Bonchev–Trinajstić information content (AvgIpc) is 2.87. The van der Waals surface area contributed by atoms with Crippen LogP contribution in [0, 0.1) is 6.92 Å². The highest BCUT2D eigenvalue weighted by atomic mass is 15.3. The highest BCUT2D eigenvalue weighted by Crippen LogP contribution is 2.41. The fourth-order valence-corrected chi connectivity index (χ4v) is 5.45. The quantitative estimate of drug-likeness (QED) is 0.407. The first-order chi connectivity index (χ1) is 14.7. The maximum Gasteiger partial charge on any atom is 0.356 e. The minimum Gasteiger partial charge on any atom is -0.126 e. The molecule has 0 bridgehead atoms. The monoisotopic (exact) mass is 418 g/mol. The molecule has 31 heavy (non-hydrogen) atoms. The first kappa shape index (κ1) is 23.4. The van der Waals surface area contributed by atoms with Crippen LogP contribution in [0.25, 0.3) is 0 Å². The number of benzene rings is 2. The van der Waals surface area contributed by atoms with Crippen LogP contribution in [0.2, 0.25) is 0 Å². The largest absolute Gasteiger partial charge is 0.356 e. The van der Waals surface area contributed by atoms with Crippen molar-refractivity contribution in [3.8, 4) is 0 Å². The van der Waals surface area contributed by atoms with Gasteiger partial charge in [-0.05, 0) is 25.7 Å². The van der Waals surface area contributed by atoms with Crippen LogP contribution in [0.4, 0.5) is 11.4 Å². The van der Waals surface area contributed by atoms with Crippen molar-refractivity contribution in [1.82, 2.24) is 0 Å². The van der Waals surface area contributed by atoms with Crippen LogP contribution in [0.1, 0.15) is 96.4 Å². The third kappa shape index (κ3) is 4.02. The van der Waals surface area contributed by atoms with E-state index in [-0.39, 0.29) is 5.66 Å². The summed E-state index contributed by atoms with van der Waals surface area (Å²) >= 11 is 0. The van der Waals surface area contributed by atoms with Gasteiger partial charge in [-0.25, -0.2) is 0 Å². The van der Waals surface area contributed by atoms with Crippen molar-refractivity contribution in [2.24, 2.45) is 0 Å². The lowest BCUT2D eigenvalue weighted by atomic mass is 9.95. The highest BCUT2D eigenvalue weighted by molar-refractivity contribution is 6.37. The lowest BCUT2D eigenvalue weighted by Gasteiger charge is -2.22. The molecule has 0 N–H and O–H groups in total. The molecule has 2 aromatic rings. The second kappa shape index (κ2) is 9.10. The maximum absolute atomic E-state index is 2.63. The first-order valence-corrected chi connectivity index (χ1v) is 12.1. The lowest BCUT2D eigenvalue weighted by molar-refractivity contribution is -0.741. The SMILES string of the molecule is CCCc1cccc(CCC)c1[N+]1=C(C)C(C)=[N+](c2c(C)cccc2C(C)C)C1(C)C. The molecule has 0 amide bonds. The smallest absolute Gasteiger partial charge is 0.126 e. The Labute approximate surface area is 190 Å². The molecule has 1 aliphatic rings. The van der Waals surface area contributed by atoms with Crippen LogP contribution < -0.4 is 0 Å². The van der Waals surface area contributed by atoms with Crippen LogP contribution in [0.3, 0.4) is 0 Å². The van der Waals surface area contributed by atoms with Gasteiger partial charge < -0.3 is 0 Å². The first-order valence-electron chi connectivity index (χ1n) is 12.1. The Hall–Kier alpha value is -2.22. The Kier molecular flexibility index (Phi) is 6.88. The summed E-state index contributed by atoms with van der Waals surface area (Å²) in [5.74, 6) is 0.482. The van der Waals surface area contributed by atoms with Gasteiger partial charge in [0.2, 0.25) is 11.4 Å². The minimum atomic E-state index is -0.184. The van der Waals surface area contributed by atoms with Crippen LogP contribution in [-0.4, -0.2) is 26.2 Å². The molecule has 0 fully saturated rings. The van der Waals surface area contributed by atoms with E-state index in [9.17, 15) is 0 Å². The molecule has 166 valence electrons. The van der Waals surface area contributed by atoms with Gasteiger partial charge in [0.25, 0.3) is 11.4 Å². The Balaban J connectivity index is 2.29. The van der Waals surface area contributed by atoms with Crippen LogP contribution in [0.5, 0.6) is 0 Å². The third-order valence-corrected chi connectivity index (χ3v) is 6.87. The van der Waals surface area contributed by atoms with Gasteiger partial charge in [-0.2, -0.15) is 0 Å². The van der Waals surface area contributed by atoms with E-state index in [0.717, 1.165) is 25.7 Å². The van der Waals surface area contributed by atoms with E-state index >= 15 is 0 Å². The molecule has 0 aliphatic carbocycles. The molecule has 0 unspecified atom stereocenters. The second-order valence-corrected chi connectivity index (χ2v) is 9.93. The normalized spacial score (nSPS) is 16.1. The Morgan fingerprint density at radius 3 is 1.71 bits per heavy atom. The summed E-state index contributed by atoms with van der Waals surface area (Å²) in [6.07, 6.45) is 4.57. The van der Waals surface area contributed by atoms with Gasteiger partial charge in [0, 0.05) is 36.1 Å². The molecule has 3 rings (SSSR count). The summed E-state index contributed by atoms with van der Waals surface area (Å²) < 4.78 is 5.24. The van der Waals surface area contributed by atoms with Gasteiger partial charge in [0.05, 0.1) is 13.8 Å². The fraction of sp³-hybridized carbons (Fsp3) is 0.517. The van der Waals surface area contributed by atoms with E-state index in [1.165, 1.54) is 45.1 Å². The summed E-state index contributed by atoms with van der Waals surface area (Å²) in [7, 11) is 0. The summed E-state index contributed by atoms with van der Waals surface area (Å²) in [5, 5.41) is 0. The molecule has 0 radical (unpaired) electrons. The van der Waals surface area contributed by atoms with E-state index < -0.39 is 0 Å². The standard InChI is InChI=1S/C29H42N2/c1-10-14-24-17-13-18-25(15-11-2)28(24)31-23(7)22(6)30(29(31,8)9)27-21(5)16-12-19-26(27)20(3)4/h12-13,16-20H,10-11,14-15H2,1-9H3/q+2. The number of para-hydroxylation sites is 2. The number of rotatable bonds is 7. The maximum atomic E-state index is 2.63. The second-order valence-electron chi connectivity index (χ2n) is 9.93. The van der Waals surface area contributed by atoms with Crippen molar-refractivity contribution in [3.63, 3.8) is 0 Å². The predicted octanol–water partition coefficient (Wildman–Crippen LogP) is 7.68. The van der Waals surface area contributed by atoms with E-state index in [2.05, 4.69) is 108 Å². The third-order valence-electron chi connectivity index (χ3n) is 6.87. The van der Waals surface area contributed by atoms with Crippen LogP contribution >= 0.6 is 0 Å². The molecule has 0 atom stereocenters. The van der Waals surface area contributed by atoms with Crippen molar-refractivity contribution in [1.29, 1.82) is 0 Å². The van der Waals surface area contributed by atoms with Crippen LogP contribution in [0.15, 0.2) is 36.4 Å². The molecule has 2 aromatic carbocycles. The number of hydrogen-bond donors (Lipinski definition) is 0. The summed E-state index contributed by atoms with van der Waals surface area (Å²) in [6.45, 7) is 20.8. The molecule has 0 saturated heterocycles. The molecular weight excluding hydrogens is 376 g/mol. The Bertz CT molecular complexity index is 1010. The Morgan fingerprint density at radius 1 is 0.742 bits per heavy atom. The molecule has 0 spiro atoms. The zero-order valence-corrected chi connectivity index (χ0v) is 21.3. The van der Waals surface area contributed by atoms with E-state index in [1.807, 2.05) is 0 Å². The Morgan fingerprint density at radius 2 is 1.23 bits per heavy atom. The zero-order chi connectivity index (χ0) is 22.9. The van der Waals surface area contributed by atoms with Gasteiger partial charge in [0.15, 0.2) is 0 Å². The van der Waals surface area contributed by atoms with E-state index in [4.69, 9.17) is 0 Å². The summed E-state index contributed by atoms with van der Waals surface area (Å²) in [4.78, 5) is 0. The molecule has 0 saturated carbocycles. The highest BCUT2D eigenvalue weighted by Gasteiger charge is 2.55. The summed E-state index contributed by atoms with van der Waals surface area (Å²) in [6, 6.07) is 13.7. The van der Waals surface area contributed by atoms with Crippen LogP contribution in [-0.2, 0) is 12.8 Å². The minimum absolute atomic E-state index is 0.184. The molecule has 1 heterocycles. The number of aryl methyl sites for hydroxylation is 3. The zero-order valence-electron chi connectivity index (χ0n) is 21.3. The van der Waals surface area contributed by atoms with Gasteiger partial charge in [0.1, 0.15) is 0 Å². The molecule has 0 aromatic heterocycles. The molecule has 2 heteroatoms. The number of hydrogen-bond acceptors (Lipinski definition) is 0. The van der Waals surface area contributed by atoms with E-state index in [0.29, 0.717) is 5.92 Å². The van der Waals surface area contributed by atoms with Crippen molar-refractivity contribution < 1.29 is 9.15 Å². The van der Waals surface area contributed by atoms with Gasteiger partial charge in [-0.1, -0.05) is 76.9 Å². The van der Waals surface area contributed by atoms with Crippen molar-refractivity contribution in [3.05, 3.63) is 58.7 Å². The van der Waals surface area contributed by atoms with Crippen molar-refractivity contribution in [2.75, 3.05) is 0 Å². The molecule has 2 nitrogen and oxygen atoms in total. The molecule has 1 aliphatic heterocycles. The predicted molar refractivity (Wildman–Crippen MR) is 135 cm³/mol. The lowest BCUT2D eigenvalue weighted by Crippen LogP contribution is -2.41. The van der Waals surface area contributed by atoms with Gasteiger partial charge in [-0.3, -0.25) is 0 Å². The average molecular weight is 419 g/mol. The van der Waals surface area contributed by atoms with Gasteiger partial charge >= 0.3 is 5.66 Å². The summed E-state index contributed by atoms with van der Waals surface area (Å²) in [5.41, 5.74) is 11.1. The van der Waals surface area contributed by atoms with Crippen molar-refractivity contribution >= 4 is 22.8 Å². The fourth-order valence-electron chi connectivity index (χ4n) is 5.45.